The number of nitrogens with one attached hydrogen (secondary N) is 1. The molecule has 0 saturated carbocycles. The fraction of sp³-hybridized carbons (Fsp3) is 0.700. The van der Waals surface area contributed by atoms with Gasteiger partial charge in [0.25, 0.3) is 0 Å². The molecule has 0 saturated heterocycles. The van der Waals surface area contributed by atoms with Gasteiger partial charge in [0.05, 0.1) is 10.7 Å². The van der Waals surface area contributed by atoms with E-state index in [1.165, 1.54) is 10.7 Å². The van der Waals surface area contributed by atoms with Crippen LogP contribution in [0, 0.1) is 12.8 Å². The minimum atomic E-state index is 0.682. The van der Waals surface area contributed by atoms with E-state index in [1.807, 2.05) is 0 Å². The molecule has 2 nitrogen and oxygen atoms in total. The average Bonchev–Trinajstić information content (AvgIpc) is 2.48. The standard InChI is InChI=1S/C10H18N2S/c1-4-11-6-8(2)5-10-7-13-9(3)12-10/h7-8,11H,4-6H2,1-3H3. The number of hydrogen-bond donors (Lipinski definition) is 1. The van der Waals surface area contributed by atoms with E-state index in [2.05, 4.69) is 36.5 Å². The highest BCUT2D eigenvalue weighted by molar-refractivity contribution is 7.09. The zero-order valence-corrected chi connectivity index (χ0v) is 9.45. The van der Waals surface area contributed by atoms with Crippen molar-refractivity contribution in [3.63, 3.8) is 0 Å². The molecule has 0 aliphatic rings. The molecule has 0 amide bonds. The quantitative estimate of drug-likeness (QED) is 0.785. The lowest BCUT2D eigenvalue weighted by molar-refractivity contribution is 0.517. The van der Waals surface area contributed by atoms with Crippen molar-refractivity contribution < 1.29 is 0 Å². The lowest BCUT2D eigenvalue weighted by Crippen LogP contribution is -2.21. The summed E-state index contributed by atoms with van der Waals surface area (Å²) in [5, 5.41) is 6.69. The zero-order valence-electron chi connectivity index (χ0n) is 8.63. The molecule has 3 heteroatoms. The fourth-order valence-corrected chi connectivity index (χ4v) is 1.95. The van der Waals surface area contributed by atoms with E-state index in [1.54, 1.807) is 11.3 Å². The van der Waals surface area contributed by atoms with Gasteiger partial charge in [-0.3, -0.25) is 0 Å². The van der Waals surface area contributed by atoms with Crippen molar-refractivity contribution in [2.24, 2.45) is 5.92 Å². The summed E-state index contributed by atoms with van der Waals surface area (Å²) in [6.07, 6.45) is 1.09. The lowest BCUT2D eigenvalue weighted by Gasteiger charge is -2.09. The Morgan fingerprint density at radius 2 is 2.38 bits per heavy atom. The van der Waals surface area contributed by atoms with E-state index < -0.39 is 0 Å². The van der Waals surface area contributed by atoms with Gasteiger partial charge in [-0.15, -0.1) is 11.3 Å². The molecule has 0 fully saturated rings. The van der Waals surface area contributed by atoms with Gasteiger partial charge in [0.1, 0.15) is 0 Å². The molecule has 1 rings (SSSR count). The van der Waals surface area contributed by atoms with Crippen molar-refractivity contribution >= 4 is 11.3 Å². The van der Waals surface area contributed by atoms with Crippen molar-refractivity contribution in [3.8, 4) is 0 Å². The topological polar surface area (TPSA) is 24.9 Å². The van der Waals surface area contributed by atoms with Crippen LogP contribution < -0.4 is 5.32 Å². The Kier molecular flexibility index (Phi) is 4.39. The van der Waals surface area contributed by atoms with Gasteiger partial charge in [-0.2, -0.15) is 0 Å². The maximum absolute atomic E-state index is 4.45. The first-order valence-electron chi connectivity index (χ1n) is 4.84. The van der Waals surface area contributed by atoms with E-state index in [9.17, 15) is 0 Å². The first-order chi connectivity index (χ1) is 6.22. The molecular weight excluding hydrogens is 180 g/mol. The van der Waals surface area contributed by atoms with Gasteiger partial charge in [0.2, 0.25) is 0 Å². The summed E-state index contributed by atoms with van der Waals surface area (Å²) in [5.74, 6) is 0.682. The van der Waals surface area contributed by atoms with Crippen LogP contribution in [0.1, 0.15) is 24.5 Å². The summed E-state index contributed by atoms with van der Waals surface area (Å²) in [6.45, 7) is 8.60. The Morgan fingerprint density at radius 1 is 1.62 bits per heavy atom. The smallest absolute Gasteiger partial charge is 0.0897 e. The molecule has 0 spiro atoms. The van der Waals surface area contributed by atoms with Crippen LogP contribution in [-0.2, 0) is 6.42 Å². The summed E-state index contributed by atoms with van der Waals surface area (Å²) in [6, 6.07) is 0. The van der Waals surface area contributed by atoms with Crippen LogP contribution in [0.2, 0.25) is 0 Å². The van der Waals surface area contributed by atoms with Gasteiger partial charge >= 0.3 is 0 Å². The first-order valence-corrected chi connectivity index (χ1v) is 5.72. The van der Waals surface area contributed by atoms with Gasteiger partial charge in [0.15, 0.2) is 0 Å². The van der Waals surface area contributed by atoms with E-state index in [0.717, 1.165) is 19.5 Å². The second-order valence-electron chi connectivity index (χ2n) is 3.47. The minimum Gasteiger partial charge on any atom is -0.317 e. The summed E-state index contributed by atoms with van der Waals surface area (Å²) in [4.78, 5) is 4.45. The van der Waals surface area contributed by atoms with Crippen LogP contribution in [0.15, 0.2) is 5.38 Å². The Morgan fingerprint density at radius 3 is 2.92 bits per heavy atom. The van der Waals surface area contributed by atoms with Gasteiger partial charge in [-0.25, -0.2) is 4.98 Å². The van der Waals surface area contributed by atoms with Crippen molar-refractivity contribution in [2.45, 2.75) is 27.2 Å². The summed E-state index contributed by atoms with van der Waals surface area (Å²) < 4.78 is 0. The second kappa shape index (κ2) is 5.35. The monoisotopic (exact) mass is 198 g/mol. The predicted octanol–water partition coefficient (Wildman–Crippen LogP) is 2.24. The number of aromatic nitrogens is 1. The SMILES string of the molecule is CCNCC(C)Cc1csc(C)n1. The highest BCUT2D eigenvalue weighted by Crippen LogP contribution is 2.11. The molecule has 1 N–H and O–H groups in total. The second-order valence-corrected chi connectivity index (χ2v) is 4.54. The normalized spacial score (nSPS) is 13.2. The van der Waals surface area contributed by atoms with Gasteiger partial charge in [0, 0.05) is 5.38 Å². The van der Waals surface area contributed by atoms with Crippen LogP contribution in [0.4, 0.5) is 0 Å². The molecule has 1 aromatic heterocycles. The Hall–Kier alpha value is -0.410. The molecule has 0 radical (unpaired) electrons. The van der Waals surface area contributed by atoms with Crippen LogP contribution >= 0.6 is 11.3 Å². The number of aryl methyl sites for hydroxylation is 1. The van der Waals surface area contributed by atoms with Crippen molar-refractivity contribution in [1.29, 1.82) is 0 Å². The highest BCUT2D eigenvalue weighted by Gasteiger charge is 2.05. The largest absolute Gasteiger partial charge is 0.317 e. The van der Waals surface area contributed by atoms with Gasteiger partial charge in [-0.1, -0.05) is 13.8 Å². The first kappa shape index (κ1) is 10.7. The Balaban J connectivity index is 2.31. The fourth-order valence-electron chi connectivity index (χ4n) is 1.32. The van der Waals surface area contributed by atoms with Crippen LogP contribution in [0.5, 0.6) is 0 Å². The van der Waals surface area contributed by atoms with Crippen molar-refractivity contribution in [2.75, 3.05) is 13.1 Å². The highest BCUT2D eigenvalue weighted by atomic mass is 32.1. The summed E-state index contributed by atoms with van der Waals surface area (Å²) in [7, 11) is 0. The van der Waals surface area contributed by atoms with Crippen LogP contribution in [0.3, 0.4) is 0 Å². The molecule has 1 aromatic rings. The van der Waals surface area contributed by atoms with Gasteiger partial charge in [-0.05, 0) is 32.4 Å². The molecule has 1 unspecified atom stereocenters. The maximum Gasteiger partial charge on any atom is 0.0897 e. The van der Waals surface area contributed by atoms with Gasteiger partial charge < -0.3 is 5.32 Å². The molecule has 0 bridgehead atoms. The number of hydrogen-bond acceptors (Lipinski definition) is 3. The number of thiazole rings is 1. The number of nitrogens with zero attached hydrogens (tertiary/aromatic N) is 1. The van der Waals surface area contributed by atoms with Crippen LogP contribution in [0.25, 0.3) is 0 Å². The molecule has 0 aromatic carbocycles. The molecule has 0 aliphatic carbocycles. The molecule has 1 atom stereocenters. The van der Waals surface area contributed by atoms with Crippen molar-refractivity contribution in [1.82, 2.24) is 10.3 Å². The van der Waals surface area contributed by atoms with Crippen molar-refractivity contribution in [3.05, 3.63) is 16.1 Å². The van der Waals surface area contributed by atoms with E-state index in [0.29, 0.717) is 5.92 Å². The van der Waals surface area contributed by atoms with E-state index in [-0.39, 0.29) is 0 Å². The third-order valence-electron chi connectivity index (χ3n) is 1.97. The Labute approximate surface area is 84.4 Å². The summed E-state index contributed by atoms with van der Waals surface area (Å²) >= 11 is 1.74. The molecule has 13 heavy (non-hydrogen) atoms. The van der Waals surface area contributed by atoms with E-state index >= 15 is 0 Å². The maximum atomic E-state index is 4.45. The molecule has 74 valence electrons. The third kappa shape index (κ3) is 3.87. The number of rotatable bonds is 5. The predicted molar refractivity (Wildman–Crippen MR) is 58.3 cm³/mol. The Bertz CT molecular complexity index is 245. The zero-order chi connectivity index (χ0) is 9.68. The molecule has 1 heterocycles. The third-order valence-corrected chi connectivity index (χ3v) is 2.79. The minimum absolute atomic E-state index is 0.682. The molecular formula is C10H18N2S. The average molecular weight is 198 g/mol. The van der Waals surface area contributed by atoms with Crippen LogP contribution in [-0.4, -0.2) is 18.1 Å². The summed E-state index contributed by atoms with van der Waals surface area (Å²) in [5.41, 5.74) is 1.24. The van der Waals surface area contributed by atoms with E-state index in [4.69, 9.17) is 0 Å². The lowest BCUT2D eigenvalue weighted by atomic mass is 10.1. The molecule has 0 aliphatic heterocycles.